The summed E-state index contributed by atoms with van der Waals surface area (Å²) >= 11 is 0. The number of nitrogens with zero attached hydrogens (tertiary/aromatic N) is 1. The lowest BCUT2D eigenvalue weighted by molar-refractivity contribution is 0.187. The molecule has 0 aliphatic heterocycles. The minimum absolute atomic E-state index is 0. The number of aliphatic imine (C=N–C) groups is 1. The molecular weight excluding hydrogens is 469 g/mol. The van der Waals surface area contributed by atoms with E-state index in [-0.39, 0.29) is 30.5 Å². The highest BCUT2D eigenvalue weighted by Crippen LogP contribution is 2.30. The zero-order chi connectivity index (χ0) is 19.6. The zero-order valence-corrected chi connectivity index (χ0v) is 19.2. The number of halogens is 1. The van der Waals surface area contributed by atoms with E-state index in [9.17, 15) is 5.11 Å². The monoisotopic (exact) mass is 499 g/mol. The van der Waals surface area contributed by atoms with Gasteiger partial charge in [-0.1, -0.05) is 29.8 Å². The van der Waals surface area contributed by atoms with Crippen LogP contribution in [0.3, 0.4) is 0 Å². The van der Waals surface area contributed by atoms with Gasteiger partial charge in [0.25, 0.3) is 0 Å². The van der Waals surface area contributed by atoms with E-state index < -0.39 is 6.10 Å². The molecule has 0 saturated carbocycles. The van der Waals surface area contributed by atoms with E-state index in [1.54, 1.807) is 7.11 Å². The first-order chi connectivity index (χ1) is 13.1. The van der Waals surface area contributed by atoms with E-state index in [2.05, 4.69) is 15.6 Å². The third-order valence-electron chi connectivity index (χ3n) is 3.92. The van der Waals surface area contributed by atoms with E-state index >= 15 is 0 Å². The zero-order valence-electron chi connectivity index (χ0n) is 16.9. The number of methoxy groups -OCH3 is 1. The molecule has 0 amide bonds. The summed E-state index contributed by atoms with van der Waals surface area (Å²) < 4.78 is 10.9. The largest absolute Gasteiger partial charge is 0.493 e. The number of hydrogen-bond acceptors (Lipinski definition) is 4. The van der Waals surface area contributed by atoms with Gasteiger partial charge < -0.3 is 25.2 Å². The van der Waals surface area contributed by atoms with Crippen LogP contribution in [0.5, 0.6) is 11.5 Å². The molecule has 0 aliphatic carbocycles. The van der Waals surface area contributed by atoms with Gasteiger partial charge in [-0.2, -0.15) is 0 Å². The Hall–Kier alpha value is -2.00. The smallest absolute Gasteiger partial charge is 0.195 e. The number of ether oxygens (including phenoxy) is 2. The standard InChI is InChI=1S/C21H29N3O3.HI/c1-5-22-21(23-14-18(25)16-9-7-8-15(3)12-16)24-17-10-11-19(27-6-2)20(13-17)26-4;/h7-13,18,25H,5-6,14H2,1-4H3,(H2,22,23,24);1H. The number of hydrogen-bond donors (Lipinski definition) is 3. The van der Waals surface area contributed by atoms with Gasteiger partial charge in [-0.25, -0.2) is 4.99 Å². The van der Waals surface area contributed by atoms with Crippen molar-refractivity contribution in [2.24, 2.45) is 4.99 Å². The van der Waals surface area contributed by atoms with Crippen LogP contribution >= 0.6 is 24.0 Å². The first-order valence-electron chi connectivity index (χ1n) is 9.18. The molecule has 1 atom stereocenters. The van der Waals surface area contributed by atoms with Crippen LogP contribution in [-0.4, -0.2) is 37.9 Å². The number of anilines is 1. The van der Waals surface area contributed by atoms with Gasteiger partial charge in [0.05, 0.1) is 26.4 Å². The lowest BCUT2D eigenvalue weighted by Gasteiger charge is -2.15. The van der Waals surface area contributed by atoms with Crippen LogP contribution in [0.1, 0.15) is 31.1 Å². The van der Waals surface area contributed by atoms with Gasteiger partial charge in [-0.3, -0.25) is 0 Å². The fraction of sp³-hybridized carbons (Fsp3) is 0.381. The minimum atomic E-state index is -0.657. The maximum atomic E-state index is 10.4. The lowest BCUT2D eigenvalue weighted by atomic mass is 10.1. The molecule has 0 radical (unpaired) electrons. The second kappa shape index (κ2) is 12.5. The van der Waals surface area contributed by atoms with E-state index in [0.29, 0.717) is 30.6 Å². The molecule has 0 saturated heterocycles. The van der Waals surface area contributed by atoms with Crippen LogP contribution in [0.25, 0.3) is 0 Å². The highest BCUT2D eigenvalue weighted by molar-refractivity contribution is 14.0. The summed E-state index contributed by atoms with van der Waals surface area (Å²) in [6, 6.07) is 13.4. The molecule has 0 spiro atoms. The van der Waals surface area contributed by atoms with Gasteiger partial charge in [0, 0.05) is 18.3 Å². The molecule has 0 aliphatic rings. The maximum absolute atomic E-state index is 10.4. The van der Waals surface area contributed by atoms with Crippen molar-refractivity contribution in [1.82, 2.24) is 5.32 Å². The summed E-state index contributed by atoms with van der Waals surface area (Å²) in [7, 11) is 1.61. The van der Waals surface area contributed by atoms with Gasteiger partial charge in [-0.15, -0.1) is 24.0 Å². The average Bonchev–Trinajstić information content (AvgIpc) is 2.67. The van der Waals surface area contributed by atoms with Gasteiger partial charge in [-0.05, 0) is 38.5 Å². The van der Waals surface area contributed by atoms with Gasteiger partial charge in [0.1, 0.15) is 0 Å². The maximum Gasteiger partial charge on any atom is 0.195 e. The summed E-state index contributed by atoms with van der Waals surface area (Å²) in [6.07, 6.45) is -0.657. The van der Waals surface area contributed by atoms with Crippen LogP contribution in [0.2, 0.25) is 0 Å². The summed E-state index contributed by atoms with van der Waals surface area (Å²) in [4.78, 5) is 4.50. The Morgan fingerprint density at radius 1 is 1.14 bits per heavy atom. The fourth-order valence-electron chi connectivity index (χ4n) is 2.62. The predicted molar refractivity (Wildman–Crippen MR) is 125 cm³/mol. The second-order valence-corrected chi connectivity index (χ2v) is 6.07. The highest BCUT2D eigenvalue weighted by atomic mass is 127. The molecule has 2 aromatic rings. The number of nitrogens with one attached hydrogen (secondary N) is 2. The predicted octanol–water partition coefficient (Wildman–Crippen LogP) is 4.13. The Kier molecular flexibility index (Phi) is 10.7. The molecule has 0 bridgehead atoms. The molecule has 3 N–H and O–H groups in total. The molecular formula is C21H30IN3O3. The average molecular weight is 499 g/mol. The van der Waals surface area contributed by atoms with Gasteiger partial charge in [0.2, 0.25) is 0 Å². The SMILES string of the molecule is CCNC(=NCC(O)c1cccc(C)c1)Nc1ccc(OCC)c(OC)c1.I. The van der Waals surface area contributed by atoms with E-state index in [4.69, 9.17) is 9.47 Å². The Bertz CT molecular complexity index is 768. The van der Waals surface area contributed by atoms with Crippen molar-refractivity contribution in [1.29, 1.82) is 0 Å². The molecule has 28 heavy (non-hydrogen) atoms. The van der Waals surface area contributed by atoms with Crippen molar-refractivity contribution >= 4 is 35.6 Å². The Morgan fingerprint density at radius 3 is 2.57 bits per heavy atom. The van der Waals surface area contributed by atoms with Crippen LogP contribution in [-0.2, 0) is 0 Å². The lowest BCUT2D eigenvalue weighted by Crippen LogP contribution is -2.31. The summed E-state index contributed by atoms with van der Waals surface area (Å²) in [5, 5.41) is 16.8. The molecule has 154 valence electrons. The number of benzene rings is 2. The normalized spacial score (nSPS) is 12.0. The van der Waals surface area contributed by atoms with Crippen molar-refractivity contribution in [2.75, 3.05) is 32.1 Å². The molecule has 0 fully saturated rings. The second-order valence-electron chi connectivity index (χ2n) is 6.07. The minimum Gasteiger partial charge on any atom is -0.493 e. The number of rotatable bonds is 8. The van der Waals surface area contributed by atoms with Crippen LogP contribution in [0, 0.1) is 6.92 Å². The fourth-order valence-corrected chi connectivity index (χ4v) is 2.62. The number of aryl methyl sites for hydroxylation is 1. The van der Waals surface area contributed by atoms with Crippen LogP contribution < -0.4 is 20.1 Å². The summed E-state index contributed by atoms with van der Waals surface area (Å²) in [5.74, 6) is 1.94. The summed E-state index contributed by atoms with van der Waals surface area (Å²) in [5.41, 5.74) is 2.79. The van der Waals surface area contributed by atoms with Crippen LogP contribution in [0.15, 0.2) is 47.5 Å². The third-order valence-corrected chi connectivity index (χ3v) is 3.92. The van der Waals surface area contributed by atoms with Crippen molar-refractivity contribution in [2.45, 2.75) is 26.9 Å². The van der Waals surface area contributed by atoms with Crippen molar-refractivity contribution < 1.29 is 14.6 Å². The molecule has 2 rings (SSSR count). The first kappa shape index (κ1) is 24.0. The molecule has 7 heteroatoms. The molecule has 1 unspecified atom stereocenters. The third kappa shape index (κ3) is 7.20. The van der Waals surface area contributed by atoms with E-state index in [1.807, 2.05) is 63.2 Å². The number of guanidine groups is 1. The first-order valence-corrected chi connectivity index (χ1v) is 9.18. The topological polar surface area (TPSA) is 75.1 Å². The van der Waals surface area contributed by atoms with Crippen molar-refractivity contribution in [3.05, 3.63) is 53.6 Å². The Morgan fingerprint density at radius 2 is 1.93 bits per heavy atom. The van der Waals surface area contributed by atoms with Gasteiger partial charge in [0.15, 0.2) is 17.5 Å². The van der Waals surface area contributed by atoms with E-state index in [0.717, 1.165) is 16.8 Å². The van der Waals surface area contributed by atoms with Crippen molar-refractivity contribution in [3.8, 4) is 11.5 Å². The molecule has 0 aromatic heterocycles. The van der Waals surface area contributed by atoms with Gasteiger partial charge >= 0.3 is 0 Å². The molecule has 0 heterocycles. The molecule has 2 aromatic carbocycles. The number of aliphatic hydroxyl groups excluding tert-OH is 1. The molecule has 6 nitrogen and oxygen atoms in total. The Labute approximate surface area is 184 Å². The summed E-state index contributed by atoms with van der Waals surface area (Å²) in [6.45, 7) is 7.47. The highest BCUT2D eigenvalue weighted by Gasteiger charge is 2.09. The number of aliphatic hydroxyl groups is 1. The van der Waals surface area contributed by atoms with Crippen LogP contribution in [0.4, 0.5) is 5.69 Å². The van der Waals surface area contributed by atoms with E-state index in [1.165, 1.54) is 0 Å². The van der Waals surface area contributed by atoms with Crippen molar-refractivity contribution in [3.63, 3.8) is 0 Å². The quantitative estimate of drug-likeness (QED) is 0.290. The Balaban J connectivity index is 0.00000392.